The number of para-hydroxylation sites is 1. The minimum Gasteiger partial charge on any atom is -0.353 e. The van der Waals surface area contributed by atoms with Crippen molar-refractivity contribution in [1.29, 1.82) is 0 Å². The molecular formula is C11H12N2O. The van der Waals surface area contributed by atoms with Crippen molar-refractivity contribution in [3.8, 4) is 0 Å². The van der Waals surface area contributed by atoms with Crippen molar-refractivity contribution in [2.75, 3.05) is 18.1 Å². The molecule has 3 rings (SSSR count). The lowest BCUT2D eigenvalue weighted by molar-refractivity contribution is 0.0947. The molecule has 0 atom stereocenters. The SMILES string of the molecule is O=C1NCN2CCCc3cccc1c32. The van der Waals surface area contributed by atoms with Crippen LogP contribution in [0.5, 0.6) is 0 Å². The van der Waals surface area contributed by atoms with Gasteiger partial charge in [0.2, 0.25) is 0 Å². The summed E-state index contributed by atoms with van der Waals surface area (Å²) in [5.74, 6) is 0.0694. The first-order valence-corrected chi connectivity index (χ1v) is 5.01. The van der Waals surface area contributed by atoms with E-state index in [1.165, 1.54) is 17.7 Å². The number of nitrogens with zero attached hydrogens (tertiary/aromatic N) is 1. The fraction of sp³-hybridized carbons (Fsp3) is 0.364. The molecule has 14 heavy (non-hydrogen) atoms. The van der Waals surface area contributed by atoms with Crippen molar-refractivity contribution in [3.63, 3.8) is 0 Å². The Bertz CT molecular complexity index is 400. The predicted octanol–water partition coefficient (Wildman–Crippen LogP) is 1.14. The van der Waals surface area contributed by atoms with Crippen molar-refractivity contribution in [3.05, 3.63) is 29.3 Å². The first kappa shape index (κ1) is 7.85. The maximum Gasteiger partial charge on any atom is 0.254 e. The van der Waals surface area contributed by atoms with Gasteiger partial charge < -0.3 is 10.2 Å². The molecule has 2 heterocycles. The molecule has 3 nitrogen and oxygen atoms in total. The molecule has 0 spiro atoms. The quantitative estimate of drug-likeness (QED) is 0.662. The standard InChI is InChI=1S/C11H12N2O/c14-11-9-5-1-3-8-4-2-6-13(7-12-11)10(8)9/h1,3,5H,2,4,6-7H2,(H,12,14). The highest BCUT2D eigenvalue weighted by Crippen LogP contribution is 2.32. The lowest BCUT2D eigenvalue weighted by Crippen LogP contribution is -2.45. The van der Waals surface area contributed by atoms with E-state index in [-0.39, 0.29) is 5.91 Å². The maximum absolute atomic E-state index is 11.6. The van der Waals surface area contributed by atoms with Gasteiger partial charge in [0, 0.05) is 6.54 Å². The number of anilines is 1. The average molecular weight is 188 g/mol. The zero-order valence-electron chi connectivity index (χ0n) is 7.92. The van der Waals surface area contributed by atoms with Gasteiger partial charge in [0.15, 0.2) is 0 Å². The fourth-order valence-electron chi connectivity index (χ4n) is 2.34. The molecule has 1 N–H and O–H groups in total. The molecule has 1 aromatic rings. The Morgan fingerprint density at radius 3 is 3.21 bits per heavy atom. The van der Waals surface area contributed by atoms with Gasteiger partial charge in [-0.15, -0.1) is 0 Å². The summed E-state index contributed by atoms with van der Waals surface area (Å²) in [5.41, 5.74) is 3.33. The van der Waals surface area contributed by atoms with Gasteiger partial charge in [0.1, 0.15) is 0 Å². The van der Waals surface area contributed by atoms with Crippen LogP contribution in [0.3, 0.4) is 0 Å². The van der Waals surface area contributed by atoms with E-state index in [1.54, 1.807) is 0 Å². The molecule has 0 fully saturated rings. The summed E-state index contributed by atoms with van der Waals surface area (Å²) < 4.78 is 0. The van der Waals surface area contributed by atoms with Crippen LogP contribution in [0, 0.1) is 0 Å². The number of rotatable bonds is 0. The third kappa shape index (κ3) is 0.953. The molecule has 1 amide bonds. The van der Waals surface area contributed by atoms with Crippen molar-refractivity contribution < 1.29 is 4.79 Å². The minimum atomic E-state index is 0.0694. The second kappa shape index (κ2) is 2.74. The number of nitrogens with one attached hydrogen (secondary N) is 1. The Labute approximate surface area is 82.7 Å². The Hall–Kier alpha value is -1.51. The third-order valence-electron chi connectivity index (χ3n) is 2.99. The van der Waals surface area contributed by atoms with Gasteiger partial charge in [0.05, 0.1) is 17.9 Å². The van der Waals surface area contributed by atoms with Crippen molar-refractivity contribution >= 4 is 11.6 Å². The average Bonchev–Trinajstić information content (AvgIpc) is 2.24. The number of aryl methyl sites for hydroxylation is 1. The number of hydrogen-bond acceptors (Lipinski definition) is 2. The smallest absolute Gasteiger partial charge is 0.254 e. The summed E-state index contributed by atoms with van der Waals surface area (Å²) in [4.78, 5) is 13.8. The van der Waals surface area contributed by atoms with Gasteiger partial charge in [-0.25, -0.2) is 0 Å². The number of amides is 1. The minimum absolute atomic E-state index is 0.0694. The third-order valence-corrected chi connectivity index (χ3v) is 2.99. The highest BCUT2D eigenvalue weighted by Gasteiger charge is 2.26. The Kier molecular flexibility index (Phi) is 1.54. The fourth-order valence-corrected chi connectivity index (χ4v) is 2.34. The normalized spacial score (nSPS) is 18.9. The zero-order valence-corrected chi connectivity index (χ0v) is 7.92. The van der Waals surface area contributed by atoms with E-state index in [0.29, 0.717) is 6.67 Å². The van der Waals surface area contributed by atoms with Crippen LogP contribution in [0.4, 0.5) is 5.69 Å². The topological polar surface area (TPSA) is 32.3 Å². The van der Waals surface area contributed by atoms with Crippen LogP contribution in [0.2, 0.25) is 0 Å². The van der Waals surface area contributed by atoms with Gasteiger partial charge >= 0.3 is 0 Å². The number of benzene rings is 1. The number of carbonyl (C=O) groups is 1. The molecule has 0 aromatic heterocycles. The first-order valence-electron chi connectivity index (χ1n) is 5.01. The first-order chi connectivity index (χ1) is 6.86. The van der Waals surface area contributed by atoms with Crippen molar-refractivity contribution in [2.45, 2.75) is 12.8 Å². The molecule has 0 saturated heterocycles. The van der Waals surface area contributed by atoms with Crippen LogP contribution >= 0.6 is 0 Å². The molecule has 2 aliphatic heterocycles. The number of carbonyl (C=O) groups excluding carboxylic acids is 1. The summed E-state index contributed by atoms with van der Waals surface area (Å²) in [7, 11) is 0. The molecule has 0 bridgehead atoms. The molecule has 0 unspecified atom stereocenters. The van der Waals surface area contributed by atoms with Crippen LogP contribution in [0.25, 0.3) is 0 Å². The second-order valence-electron chi connectivity index (χ2n) is 3.84. The largest absolute Gasteiger partial charge is 0.353 e. The molecule has 1 aromatic carbocycles. The highest BCUT2D eigenvalue weighted by atomic mass is 16.2. The zero-order chi connectivity index (χ0) is 9.54. The maximum atomic E-state index is 11.6. The summed E-state index contributed by atoms with van der Waals surface area (Å²) in [6, 6.07) is 6.01. The Morgan fingerprint density at radius 1 is 1.36 bits per heavy atom. The molecule has 0 radical (unpaired) electrons. The highest BCUT2D eigenvalue weighted by molar-refractivity contribution is 6.02. The van der Waals surface area contributed by atoms with Crippen molar-refractivity contribution in [2.24, 2.45) is 0 Å². The summed E-state index contributed by atoms with van der Waals surface area (Å²) >= 11 is 0. The van der Waals surface area contributed by atoms with E-state index in [1.807, 2.05) is 12.1 Å². The van der Waals surface area contributed by atoms with Crippen LogP contribution in [-0.2, 0) is 6.42 Å². The lowest BCUT2D eigenvalue weighted by atomic mass is 9.96. The van der Waals surface area contributed by atoms with Crippen LogP contribution < -0.4 is 10.2 Å². The Balaban J connectivity index is 2.24. The van der Waals surface area contributed by atoms with E-state index in [4.69, 9.17) is 0 Å². The summed E-state index contributed by atoms with van der Waals surface area (Å²) in [5, 5.41) is 2.89. The van der Waals surface area contributed by atoms with Crippen LogP contribution in [0.1, 0.15) is 22.3 Å². The molecular weight excluding hydrogens is 176 g/mol. The molecule has 0 saturated carbocycles. The van der Waals surface area contributed by atoms with E-state index >= 15 is 0 Å². The number of hydrogen-bond donors (Lipinski definition) is 1. The van der Waals surface area contributed by atoms with Gasteiger partial charge in [-0.2, -0.15) is 0 Å². The monoisotopic (exact) mass is 188 g/mol. The van der Waals surface area contributed by atoms with E-state index in [0.717, 1.165) is 18.5 Å². The molecule has 72 valence electrons. The van der Waals surface area contributed by atoms with Crippen molar-refractivity contribution in [1.82, 2.24) is 5.32 Å². The van der Waals surface area contributed by atoms with Crippen LogP contribution in [-0.4, -0.2) is 19.1 Å². The van der Waals surface area contributed by atoms with Gasteiger partial charge in [-0.1, -0.05) is 12.1 Å². The molecule has 0 aliphatic carbocycles. The molecule has 2 aliphatic rings. The van der Waals surface area contributed by atoms with Gasteiger partial charge in [0.25, 0.3) is 5.91 Å². The van der Waals surface area contributed by atoms with Gasteiger partial charge in [-0.05, 0) is 24.5 Å². The second-order valence-corrected chi connectivity index (χ2v) is 3.84. The lowest BCUT2D eigenvalue weighted by Gasteiger charge is -2.36. The van der Waals surface area contributed by atoms with E-state index < -0.39 is 0 Å². The predicted molar refractivity (Wildman–Crippen MR) is 54.4 cm³/mol. The molecule has 3 heteroatoms. The summed E-state index contributed by atoms with van der Waals surface area (Å²) in [6.07, 6.45) is 2.29. The Morgan fingerprint density at radius 2 is 2.29 bits per heavy atom. The summed E-state index contributed by atoms with van der Waals surface area (Å²) in [6.45, 7) is 1.73. The van der Waals surface area contributed by atoms with E-state index in [9.17, 15) is 4.79 Å². The van der Waals surface area contributed by atoms with E-state index in [2.05, 4.69) is 16.3 Å². The van der Waals surface area contributed by atoms with Crippen LogP contribution in [0.15, 0.2) is 18.2 Å². The van der Waals surface area contributed by atoms with Gasteiger partial charge in [-0.3, -0.25) is 4.79 Å².